The molecule has 1 rings (SSSR count). The van der Waals surface area contributed by atoms with Gasteiger partial charge in [0, 0.05) is 6.42 Å². The van der Waals surface area contributed by atoms with Gasteiger partial charge in [0.25, 0.3) is 5.82 Å². The number of nitrogens with zero attached hydrogens (tertiary/aromatic N) is 2. The molecule has 0 unspecified atom stereocenters. The van der Waals surface area contributed by atoms with Gasteiger partial charge in [0.2, 0.25) is 0 Å². The molecule has 1 heterocycles. The highest BCUT2D eigenvalue weighted by Gasteiger charge is 2.16. The van der Waals surface area contributed by atoms with Gasteiger partial charge in [-0.3, -0.25) is 0 Å². The van der Waals surface area contributed by atoms with E-state index in [1.165, 1.54) is 154 Å². The first-order valence-corrected chi connectivity index (χ1v) is 14.9. The summed E-state index contributed by atoms with van der Waals surface area (Å²) in [5, 5.41) is 0. The SMILES string of the molecule is CCCCCCCCCCn1cc[n+](CCCCCCCCC)c1CCCCCCCC. The first-order chi connectivity index (χ1) is 15.8. The second-order valence-corrected chi connectivity index (χ2v) is 10.2. The van der Waals surface area contributed by atoms with Crippen LogP contribution < -0.4 is 4.57 Å². The Bertz CT molecular complexity index is 505. The third-order valence-electron chi connectivity index (χ3n) is 7.10. The molecule has 0 radical (unpaired) electrons. The minimum Gasteiger partial charge on any atom is -0.234 e. The van der Waals surface area contributed by atoms with Gasteiger partial charge in [-0.25, -0.2) is 9.13 Å². The summed E-state index contributed by atoms with van der Waals surface area (Å²) >= 11 is 0. The number of imidazole rings is 1. The lowest BCUT2D eigenvalue weighted by atomic mass is 10.1. The van der Waals surface area contributed by atoms with Crippen molar-refractivity contribution in [1.29, 1.82) is 0 Å². The van der Waals surface area contributed by atoms with Gasteiger partial charge in [-0.1, -0.05) is 124 Å². The van der Waals surface area contributed by atoms with Gasteiger partial charge in [0.15, 0.2) is 0 Å². The first kappa shape index (κ1) is 29.2. The molecule has 0 aliphatic carbocycles. The Morgan fingerprint density at radius 2 is 0.969 bits per heavy atom. The molecule has 2 nitrogen and oxygen atoms in total. The summed E-state index contributed by atoms with van der Waals surface area (Å²) in [6.45, 7) is 9.37. The third kappa shape index (κ3) is 15.1. The fourth-order valence-electron chi connectivity index (χ4n) is 4.91. The fraction of sp³-hybridized carbons (Fsp3) is 0.900. The summed E-state index contributed by atoms with van der Waals surface area (Å²) in [7, 11) is 0. The van der Waals surface area contributed by atoms with Crippen LogP contribution in [0.2, 0.25) is 0 Å². The van der Waals surface area contributed by atoms with Crippen LogP contribution >= 0.6 is 0 Å². The Hall–Kier alpha value is -0.790. The maximum atomic E-state index is 2.60. The van der Waals surface area contributed by atoms with E-state index in [0.29, 0.717) is 0 Å². The summed E-state index contributed by atoms with van der Waals surface area (Å²) in [5.41, 5.74) is 0. The number of hydrogen-bond donors (Lipinski definition) is 0. The van der Waals surface area contributed by atoms with Crippen molar-refractivity contribution in [2.45, 2.75) is 175 Å². The van der Waals surface area contributed by atoms with Crippen molar-refractivity contribution in [3.8, 4) is 0 Å². The Kier molecular flexibility index (Phi) is 20.1. The maximum absolute atomic E-state index is 2.60. The normalized spacial score (nSPS) is 11.5. The van der Waals surface area contributed by atoms with Gasteiger partial charge < -0.3 is 0 Å². The number of rotatable bonds is 24. The van der Waals surface area contributed by atoms with Crippen LogP contribution in [-0.2, 0) is 19.5 Å². The summed E-state index contributed by atoms with van der Waals surface area (Å²) < 4.78 is 5.20. The van der Waals surface area contributed by atoms with Gasteiger partial charge in [0.1, 0.15) is 12.4 Å². The minimum absolute atomic E-state index is 1.23. The van der Waals surface area contributed by atoms with Gasteiger partial charge in [-0.05, 0) is 32.1 Å². The minimum atomic E-state index is 1.23. The topological polar surface area (TPSA) is 8.81 Å². The summed E-state index contributed by atoms with van der Waals surface area (Å²) in [6.07, 6.45) is 35.5. The largest absolute Gasteiger partial charge is 0.256 e. The Balaban J connectivity index is 2.39. The second-order valence-electron chi connectivity index (χ2n) is 10.2. The van der Waals surface area contributed by atoms with Crippen LogP contribution in [0.5, 0.6) is 0 Å². The quantitative estimate of drug-likeness (QED) is 0.110. The van der Waals surface area contributed by atoms with Gasteiger partial charge >= 0.3 is 0 Å². The van der Waals surface area contributed by atoms with E-state index in [1.54, 1.807) is 5.82 Å². The van der Waals surface area contributed by atoms with Crippen LogP contribution in [0.3, 0.4) is 0 Å². The Morgan fingerprint density at radius 3 is 1.50 bits per heavy atom. The van der Waals surface area contributed by atoms with E-state index in [2.05, 4.69) is 42.3 Å². The van der Waals surface area contributed by atoms with E-state index in [-0.39, 0.29) is 0 Å². The first-order valence-electron chi connectivity index (χ1n) is 14.9. The number of hydrogen-bond acceptors (Lipinski definition) is 0. The molecule has 0 saturated carbocycles. The zero-order valence-corrected chi connectivity index (χ0v) is 22.5. The monoisotopic (exact) mass is 447 g/mol. The molecular weight excluding hydrogens is 388 g/mol. The Labute approximate surface area is 202 Å². The van der Waals surface area contributed by atoms with Crippen LogP contribution in [0, 0.1) is 0 Å². The van der Waals surface area contributed by atoms with Gasteiger partial charge in [-0.2, -0.15) is 0 Å². The molecule has 0 spiro atoms. The van der Waals surface area contributed by atoms with Gasteiger partial charge in [-0.15, -0.1) is 0 Å². The smallest absolute Gasteiger partial charge is 0.234 e. The molecule has 0 amide bonds. The van der Waals surface area contributed by atoms with Crippen molar-refractivity contribution < 1.29 is 4.57 Å². The molecule has 0 aromatic carbocycles. The van der Waals surface area contributed by atoms with E-state index in [4.69, 9.17) is 0 Å². The highest BCUT2D eigenvalue weighted by molar-refractivity contribution is 4.84. The molecule has 0 bridgehead atoms. The Morgan fingerprint density at radius 1 is 0.531 bits per heavy atom. The number of unbranched alkanes of at least 4 members (excludes halogenated alkanes) is 18. The van der Waals surface area contributed by atoms with Crippen LogP contribution in [-0.4, -0.2) is 4.57 Å². The molecular formula is C30H59N2+. The van der Waals surface area contributed by atoms with Gasteiger partial charge in [0.05, 0.1) is 13.1 Å². The lowest BCUT2D eigenvalue weighted by Gasteiger charge is -2.07. The highest BCUT2D eigenvalue weighted by atomic mass is 15.1. The van der Waals surface area contributed by atoms with Crippen molar-refractivity contribution in [2.24, 2.45) is 0 Å². The molecule has 1 aromatic rings. The van der Waals surface area contributed by atoms with Crippen molar-refractivity contribution in [3.05, 3.63) is 18.2 Å². The zero-order chi connectivity index (χ0) is 23.1. The molecule has 2 heteroatoms. The van der Waals surface area contributed by atoms with Crippen molar-refractivity contribution in [2.75, 3.05) is 0 Å². The van der Waals surface area contributed by atoms with Crippen LogP contribution in [0.1, 0.15) is 161 Å². The van der Waals surface area contributed by atoms with E-state index >= 15 is 0 Å². The van der Waals surface area contributed by atoms with Crippen LogP contribution in [0.25, 0.3) is 0 Å². The molecule has 1 aromatic heterocycles. The zero-order valence-electron chi connectivity index (χ0n) is 22.5. The summed E-state index contributed by atoms with van der Waals surface area (Å²) in [4.78, 5) is 0. The molecule has 32 heavy (non-hydrogen) atoms. The van der Waals surface area contributed by atoms with Crippen molar-refractivity contribution >= 4 is 0 Å². The van der Waals surface area contributed by atoms with Crippen molar-refractivity contribution in [3.63, 3.8) is 0 Å². The van der Waals surface area contributed by atoms with Crippen molar-refractivity contribution in [1.82, 2.24) is 4.57 Å². The maximum Gasteiger partial charge on any atom is 0.256 e. The van der Waals surface area contributed by atoms with Crippen LogP contribution in [0.15, 0.2) is 12.4 Å². The van der Waals surface area contributed by atoms with E-state index in [9.17, 15) is 0 Å². The molecule has 0 N–H and O–H groups in total. The van der Waals surface area contributed by atoms with E-state index in [1.807, 2.05) is 0 Å². The predicted octanol–water partition coefficient (Wildman–Crippen LogP) is 9.57. The molecule has 0 fully saturated rings. The number of aryl methyl sites for hydroxylation is 2. The molecule has 0 aliphatic heterocycles. The van der Waals surface area contributed by atoms with E-state index < -0.39 is 0 Å². The number of aromatic nitrogens is 2. The average molecular weight is 448 g/mol. The molecule has 188 valence electrons. The average Bonchev–Trinajstić information content (AvgIpc) is 3.18. The summed E-state index contributed by atoms with van der Waals surface area (Å²) in [6, 6.07) is 0. The summed E-state index contributed by atoms with van der Waals surface area (Å²) in [5.74, 6) is 1.61. The van der Waals surface area contributed by atoms with Crippen LogP contribution in [0.4, 0.5) is 0 Å². The standard InChI is InChI=1S/C30H59N2/c1-4-7-10-13-16-18-21-24-27-32-29-28-31(26-23-20-17-14-11-8-5-2)30(32)25-22-19-15-12-9-6-3/h28-29H,4-27H2,1-3H3/q+1. The lowest BCUT2D eigenvalue weighted by Crippen LogP contribution is -2.37. The third-order valence-corrected chi connectivity index (χ3v) is 7.10. The lowest BCUT2D eigenvalue weighted by molar-refractivity contribution is -0.704. The molecule has 0 atom stereocenters. The molecule has 0 saturated heterocycles. The molecule has 0 aliphatic rings. The highest BCUT2D eigenvalue weighted by Crippen LogP contribution is 2.13. The fourth-order valence-corrected chi connectivity index (χ4v) is 4.91. The van der Waals surface area contributed by atoms with E-state index in [0.717, 1.165) is 0 Å². The second kappa shape index (κ2) is 22.0. The predicted molar refractivity (Wildman–Crippen MR) is 142 cm³/mol.